The number of hydrogen-bond donors (Lipinski definition) is 1. The molecule has 2 bridgehead atoms. The second-order valence-corrected chi connectivity index (χ2v) is 10.2. The minimum atomic E-state index is -1.04. The van der Waals surface area contributed by atoms with Crippen molar-refractivity contribution in [3.05, 3.63) is 25.3 Å². The van der Waals surface area contributed by atoms with Gasteiger partial charge in [0.05, 0.1) is 11.5 Å². The molecule has 0 aromatic heterocycles. The molecule has 190 valence electrons. The van der Waals surface area contributed by atoms with E-state index >= 15 is 0 Å². The largest absolute Gasteiger partial charge is 0.461 e. The van der Waals surface area contributed by atoms with E-state index in [9.17, 15) is 14.4 Å². The zero-order valence-electron chi connectivity index (χ0n) is 20.8. The second-order valence-electron chi connectivity index (χ2n) is 10.2. The van der Waals surface area contributed by atoms with Gasteiger partial charge in [-0.1, -0.05) is 31.6 Å². The fourth-order valence-corrected chi connectivity index (χ4v) is 6.13. The van der Waals surface area contributed by atoms with Crippen LogP contribution in [0.15, 0.2) is 25.3 Å². The number of amides is 2. The Kier molecular flexibility index (Phi) is 8.24. The van der Waals surface area contributed by atoms with Gasteiger partial charge in [0.25, 0.3) is 0 Å². The Morgan fingerprint density at radius 3 is 2.56 bits per heavy atom. The Balaban J connectivity index is 1.97. The summed E-state index contributed by atoms with van der Waals surface area (Å²) in [6.07, 6.45) is 7.43. The fraction of sp³-hybridized carbons (Fsp3) is 0.731. The lowest BCUT2D eigenvalue weighted by molar-refractivity contribution is -0.159. The summed E-state index contributed by atoms with van der Waals surface area (Å²) >= 11 is 0. The van der Waals surface area contributed by atoms with Crippen molar-refractivity contribution in [2.24, 2.45) is 11.8 Å². The molecule has 8 heteroatoms. The maximum atomic E-state index is 14.0. The Bertz CT molecular complexity index is 813. The second kappa shape index (κ2) is 10.6. The van der Waals surface area contributed by atoms with Gasteiger partial charge in [0.15, 0.2) is 0 Å². The van der Waals surface area contributed by atoms with Crippen LogP contribution in [0.1, 0.15) is 59.3 Å². The van der Waals surface area contributed by atoms with Crippen molar-refractivity contribution >= 4 is 17.8 Å². The van der Waals surface area contributed by atoms with Crippen molar-refractivity contribution in [1.82, 2.24) is 9.80 Å². The highest BCUT2D eigenvalue weighted by atomic mass is 16.6. The molecule has 0 aromatic rings. The number of unbranched alkanes of at least 4 members (excludes halogenated alkanes) is 3. The summed E-state index contributed by atoms with van der Waals surface area (Å²) in [5, 5.41) is 9.05. The quantitative estimate of drug-likeness (QED) is 0.249. The Morgan fingerprint density at radius 1 is 1.24 bits per heavy atom. The van der Waals surface area contributed by atoms with Gasteiger partial charge in [-0.05, 0) is 46.5 Å². The molecule has 5 atom stereocenters. The number of aliphatic hydroxyl groups is 1. The third-order valence-corrected chi connectivity index (χ3v) is 7.65. The summed E-state index contributed by atoms with van der Waals surface area (Å²) in [6, 6.07) is -0.866. The number of hydrogen-bond acceptors (Lipinski definition) is 6. The average molecular weight is 477 g/mol. The summed E-state index contributed by atoms with van der Waals surface area (Å²) in [7, 11) is 0. The topological polar surface area (TPSA) is 96.4 Å². The average Bonchev–Trinajstić information content (AvgIpc) is 3.36. The molecule has 3 rings (SSSR count). The maximum absolute atomic E-state index is 14.0. The van der Waals surface area contributed by atoms with Crippen LogP contribution >= 0.6 is 0 Å². The van der Waals surface area contributed by atoms with Crippen molar-refractivity contribution in [2.75, 3.05) is 26.3 Å². The molecular formula is C26H40N2O6. The molecule has 3 saturated heterocycles. The Morgan fingerprint density at radius 2 is 1.94 bits per heavy atom. The number of likely N-dealkylation sites (tertiary alicyclic amines) is 1. The van der Waals surface area contributed by atoms with E-state index in [4.69, 9.17) is 14.6 Å². The van der Waals surface area contributed by atoms with Crippen LogP contribution in [0.3, 0.4) is 0 Å². The molecule has 0 aromatic carbocycles. The number of carbonyl (C=O) groups excluding carboxylic acids is 3. The molecule has 0 aliphatic carbocycles. The molecule has 0 saturated carbocycles. The highest BCUT2D eigenvalue weighted by Crippen LogP contribution is 2.63. The highest BCUT2D eigenvalue weighted by molar-refractivity contribution is 5.98. The summed E-state index contributed by atoms with van der Waals surface area (Å²) < 4.78 is 12.0. The van der Waals surface area contributed by atoms with Gasteiger partial charge in [-0.15, -0.1) is 6.58 Å². The first-order chi connectivity index (χ1) is 16.2. The van der Waals surface area contributed by atoms with E-state index in [0.29, 0.717) is 38.8 Å². The molecule has 1 spiro atoms. The maximum Gasteiger partial charge on any atom is 0.313 e. The molecule has 34 heavy (non-hydrogen) atoms. The number of carbonyl (C=O) groups is 3. The van der Waals surface area contributed by atoms with Crippen LogP contribution in [-0.2, 0) is 23.9 Å². The molecule has 8 nitrogen and oxygen atoms in total. The lowest BCUT2D eigenvalue weighted by Gasteiger charge is -2.38. The lowest BCUT2D eigenvalue weighted by Crippen LogP contribution is -2.57. The van der Waals surface area contributed by atoms with Gasteiger partial charge in [-0.3, -0.25) is 14.4 Å². The molecule has 3 fully saturated rings. The summed E-state index contributed by atoms with van der Waals surface area (Å²) in [6.45, 7) is 14.1. The Hall–Kier alpha value is -2.19. The summed E-state index contributed by atoms with van der Waals surface area (Å²) in [4.78, 5) is 44.3. The van der Waals surface area contributed by atoms with E-state index < -0.39 is 35.0 Å². The number of rotatable bonds is 13. The fourth-order valence-electron chi connectivity index (χ4n) is 6.13. The van der Waals surface area contributed by atoms with Gasteiger partial charge in [0.1, 0.15) is 24.2 Å². The molecular weight excluding hydrogens is 436 g/mol. The van der Waals surface area contributed by atoms with E-state index in [1.165, 1.54) is 6.08 Å². The lowest BCUT2D eigenvalue weighted by atomic mass is 9.66. The van der Waals surface area contributed by atoms with E-state index in [0.717, 1.165) is 12.8 Å². The van der Waals surface area contributed by atoms with Crippen molar-refractivity contribution < 1.29 is 29.0 Å². The smallest absolute Gasteiger partial charge is 0.313 e. The first-order valence-electron chi connectivity index (χ1n) is 12.5. The highest BCUT2D eigenvalue weighted by Gasteiger charge is 2.78. The van der Waals surface area contributed by atoms with Crippen LogP contribution in [0, 0.1) is 11.8 Å². The SMILES string of the molecule is C=CCOC(=O)[C@@H]1[C@H]2C(=O)N(CCCCCCO)C(C(=O)N(CC=C)C(C)C)C23CC[C@@]1(C)O3. The van der Waals surface area contributed by atoms with Gasteiger partial charge in [0.2, 0.25) is 11.8 Å². The number of esters is 1. The van der Waals surface area contributed by atoms with E-state index in [1.54, 1.807) is 15.9 Å². The monoisotopic (exact) mass is 476 g/mol. The molecule has 3 aliphatic rings. The molecule has 1 N–H and O–H groups in total. The molecule has 0 radical (unpaired) electrons. The van der Waals surface area contributed by atoms with E-state index in [2.05, 4.69) is 13.2 Å². The van der Waals surface area contributed by atoms with Gasteiger partial charge in [-0.2, -0.15) is 0 Å². The van der Waals surface area contributed by atoms with Crippen LogP contribution < -0.4 is 0 Å². The minimum absolute atomic E-state index is 0.0662. The minimum Gasteiger partial charge on any atom is -0.461 e. The third kappa shape index (κ3) is 4.42. The predicted molar refractivity (Wildman–Crippen MR) is 128 cm³/mol. The molecule has 2 unspecified atom stereocenters. The van der Waals surface area contributed by atoms with Crippen molar-refractivity contribution in [3.8, 4) is 0 Å². The predicted octanol–water partition coefficient (Wildman–Crippen LogP) is 2.46. The van der Waals surface area contributed by atoms with Crippen molar-refractivity contribution in [3.63, 3.8) is 0 Å². The van der Waals surface area contributed by atoms with Crippen molar-refractivity contribution in [2.45, 2.75) is 82.6 Å². The van der Waals surface area contributed by atoms with E-state index in [-0.39, 0.29) is 31.1 Å². The molecule has 3 heterocycles. The first-order valence-corrected chi connectivity index (χ1v) is 12.5. The van der Waals surface area contributed by atoms with Crippen molar-refractivity contribution in [1.29, 1.82) is 0 Å². The number of fused-ring (bicyclic) bond motifs is 1. The standard InChI is InChI=1S/C26H40N2O6/c1-6-14-27(18(3)4)23(31)21-26-13-12-25(5,34-26)20(24(32)33-17-7-2)19(26)22(30)28(21)15-10-8-9-11-16-29/h6-7,18-21,29H,1-2,8-17H2,3-5H3/t19-,20-,21?,25+,26?/m0/s1. The van der Waals surface area contributed by atoms with E-state index in [1.807, 2.05) is 20.8 Å². The van der Waals surface area contributed by atoms with Gasteiger partial charge in [0, 0.05) is 25.7 Å². The first kappa shape index (κ1) is 26.4. The van der Waals surface area contributed by atoms with Crippen LogP contribution in [0.5, 0.6) is 0 Å². The van der Waals surface area contributed by atoms with Crippen LogP contribution in [0.4, 0.5) is 0 Å². The zero-order valence-corrected chi connectivity index (χ0v) is 20.8. The van der Waals surface area contributed by atoms with Gasteiger partial charge in [-0.25, -0.2) is 0 Å². The van der Waals surface area contributed by atoms with Crippen LogP contribution in [-0.4, -0.2) is 82.3 Å². The number of ether oxygens (including phenoxy) is 2. The Labute approximate surface area is 202 Å². The molecule has 3 aliphatic heterocycles. The normalized spacial score (nSPS) is 31.6. The van der Waals surface area contributed by atoms with Crippen LogP contribution in [0.25, 0.3) is 0 Å². The summed E-state index contributed by atoms with van der Waals surface area (Å²) in [5.41, 5.74) is -1.88. The molecule has 2 amide bonds. The van der Waals surface area contributed by atoms with Gasteiger partial charge < -0.3 is 24.4 Å². The third-order valence-electron chi connectivity index (χ3n) is 7.65. The number of aliphatic hydroxyl groups excluding tert-OH is 1. The number of nitrogens with zero attached hydrogens (tertiary/aromatic N) is 2. The van der Waals surface area contributed by atoms with Crippen LogP contribution in [0.2, 0.25) is 0 Å². The zero-order chi connectivity index (χ0) is 25.1. The van der Waals surface area contributed by atoms with Gasteiger partial charge >= 0.3 is 5.97 Å². The summed E-state index contributed by atoms with van der Waals surface area (Å²) in [5.74, 6) is -2.33.